The smallest absolute Gasteiger partial charge is 0.222 e. The van der Waals surface area contributed by atoms with E-state index in [2.05, 4.69) is 20.6 Å². The summed E-state index contributed by atoms with van der Waals surface area (Å²) in [5.41, 5.74) is 6.47. The summed E-state index contributed by atoms with van der Waals surface area (Å²) < 4.78 is 0. The Morgan fingerprint density at radius 3 is 2.80 bits per heavy atom. The Morgan fingerprint density at radius 2 is 2.05 bits per heavy atom. The Hall–Kier alpha value is -2.37. The van der Waals surface area contributed by atoms with Crippen molar-refractivity contribution >= 4 is 28.6 Å². The molecular weight excluding hydrogens is 254 g/mol. The van der Waals surface area contributed by atoms with Crippen LogP contribution in [-0.4, -0.2) is 28.5 Å². The molecule has 1 aromatic carbocycles. The molecule has 1 aromatic heterocycles. The van der Waals surface area contributed by atoms with Gasteiger partial charge in [0.1, 0.15) is 5.82 Å². The van der Waals surface area contributed by atoms with Gasteiger partial charge in [-0.05, 0) is 26.0 Å². The summed E-state index contributed by atoms with van der Waals surface area (Å²) in [5, 5.41) is 6.88. The number of fused-ring (bicyclic) bond motifs is 1. The summed E-state index contributed by atoms with van der Waals surface area (Å²) in [6.45, 7) is 4.37. The highest BCUT2D eigenvalue weighted by Crippen LogP contribution is 2.20. The van der Waals surface area contributed by atoms with Crippen LogP contribution in [0.25, 0.3) is 10.9 Å². The van der Waals surface area contributed by atoms with Crippen molar-refractivity contribution in [3.05, 3.63) is 24.3 Å². The predicted molar refractivity (Wildman–Crippen MR) is 80.3 cm³/mol. The highest BCUT2D eigenvalue weighted by atomic mass is 16.1. The molecule has 106 valence electrons. The first-order valence-corrected chi connectivity index (χ1v) is 6.62. The molecular formula is C14H19N5O. The molecule has 0 fully saturated rings. The number of hydrogen-bond acceptors (Lipinski definition) is 5. The zero-order chi connectivity index (χ0) is 14.5. The van der Waals surface area contributed by atoms with Gasteiger partial charge in [0.05, 0.1) is 5.52 Å². The van der Waals surface area contributed by atoms with Gasteiger partial charge in [-0.3, -0.25) is 4.79 Å². The van der Waals surface area contributed by atoms with E-state index in [9.17, 15) is 4.79 Å². The lowest BCUT2D eigenvalue weighted by molar-refractivity contribution is -0.121. The van der Waals surface area contributed by atoms with Crippen LogP contribution >= 0.6 is 0 Å². The second kappa shape index (κ2) is 6.18. The molecule has 0 aliphatic carbocycles. The van der Waals surface area contributed by atoms with Gasteiger partial charge >= 0.3 is 0 Å². The molecule has 0 saturated carbocycles. The third kappa shape index (κ3) is 3.57. The van der Waals surface area contributed by atoms with Gasteiger partial charge in [-0.25, -0.2) is 4.98 Å². The minimum Gasteiger partial charge on any atom is -0.369 e. The van der Waals surface area contributed by atoms with Crippen molar-refractivity contribution in [1.29, 1.82) is 0 Å². The summed E-state index contributed by atoms with van der Waals surface area (Å²) in [6.07, 6.45) is 0.385. The van der Waals surface area contributed by atoms with Crippen molar-refractivity contribution in [2.45, 2.75) is 26.3 Å². The Kier molecular flexibility index (Phi) is 4.34. The van der Waals surface area contributed by atoms with Gasteiger partial charge in [0.15, 0.2) is 0 Å². The van der Waals surface area contributed by atoms with Crippen LogP contribution in [0, 0.1) is 0 Å². The number of nitrogen functional groups attached to an aromatic ring is 1. The van der Waals surface area contributed by atoms with Crippen LogP contribution in [0.4, 0.5) is 11.8 Å². The molecule has 20 heavy (non-hydrogen) atoms. The van der Waals surface area contributed by atoms with E-state index in [1.807, 2.05) is 38.1 Å². The number of hydrogen-bond donors (Lipinski definition) is 3. The topological polar surface area (TPSA) is 92.9 Å². The average molecular weight is 273 g/mol. The van der Waals surface area contributed by atoms with Gasteiger partial charge in [0.25, 0.3) is 0 Å². The lowest BCUT2D eigenvalue weighted by atomic mass is 10.2. The zero-order valence-electron chi connectivity index (χ0n) is 11.7. The van der Waals surface area contributed by atoms with Crippen molar-refractivity contribution < 1.29 is 4.79 Å². The van der Waals surface area contributed by atoms with Gasteiger partial charge in [-0.1, -0.05) is 12.1 Å². The minimum absolute atomic E-state index is 0.0128. The zero-order valence-corrected chi connectivity index (χ0v) is 11.7. The molecule has 0 radical (unpaired) electrons. The van der Waals surface area contributed by atoms with Crippen molar-refractivity contribution in [2.24, 2.45) is 0 Å². The molecule has 6 nitrogen and oxygen atoms in total. The average Bonchev–Trinajstić information content (AvgIpc) is 2.37. The maximum Gasteiger partial charge on any atom is 0.222 e. The van der Waals surface area contributed by atoms with Crippen LogP contribution in [0.5, 0.6) is 0 Å². The highest BCUT2D eigenvalue weighted by Gasteiger charge is 2.07. The number of anilines is 2. The van der Waals surface area contributed by atoms with E-state index >= 15 is 0 Å². The molecule has 0 aliphatic heterocycles. The van der Waals surface area contributed by atoms with Crippen LogP contribution in [0.1, 0.15) is 20.3 Å². The number of benzene rings is 1. The molecule has 0 saturated heterocycles. The van der Waals surface area contributed by atoms with E-state index in [4.69, 9.17) is 5.73 Å². The number of aromatic nitrogens is 2. The Labute approximate surface area is 117 Å². The monoisotopic (exact) mass is 273 g/mol. The molecule has 2 rings (SSSR count). The Morgan fingerprint density at radius 1 is 1.30 bits per heavy atom. The Bertz CT molecular complexity index is 612. The number of carbonyl (C=O) groups is 1. The molecule has 4 N–H and O–H groups in total. The maximum absolute atomic E-state index is 11.6. The lowest BCUT2D eigenvalue weighted by Crippen LogP contribution is -2.31. The van der Waals surface area contributed by atoms with Gasteiger partial charge < -0.3 is 16.4 Å². The Balaban J connectivity index is 2.04. The van der Waals surface area contributed by atoms with E-state index in [-0.39, 0.29) is 17.9 Å². The fourth-order valence-corrected chi connectivity index (χ4v) is 1.92. The lowest BCUT2D eigenvalue weighted by Gasteiger charge is -2.11. The third-order valence-electron chi connectivity index (χ3n) is 2.71. The van der Waals surface area contributed by atoms with E-state index in [1.54, 1.807) is 0 Å². The van der Waals surface area contributed by atoms with Crippen molar-refractivity contribution in [2.75, 3.05) is 17.6 Å². The molecule has 0 spiro atoms. The maximum atomic E-state index is 11.6. The van der Waals surface area contributed by atoms with E-state index in [0.29, 0.717) is 18.8 Å². The molecule has 0 unspecified atom stereocenters. The van der Waals surface area contributed by atoms with Crippen LogP contribution in [-0.2, 0) is 4.79 Å². The normalized spacial score (nSPS) is 10.8. The molecule has 0 atom stereocenters. The summed E-state index contributed by atoms with van der Waals surface area (Å²) in [7, 11) is 0. The fourth-order valence-electron chi connectivity index (χ4n) is 1.92. The third-order valence-corrected chi connectivity index (χ3v) is 2.71. The number of nitrogens with two attached hydrogens (primary N) is 1. The summed E-state index contributed by atoms with van der Waals surface area (Å²) in [6, 6.07) is 7.76. The molecule has 0 aliphatic rings. The molecule has 6 heteroatoms. The first-order valence-electron chi connectivity index (χ1n) is 6.62. The number of carbonyl (C=O) groups excluding carboxylic acids is 1. The molecule has 2 aromatic rings. The first kappa shape index (κ1) is 14.0. The van der Waals surface area contributed by atoms with Crippen LogP contribution in [0.15, 0.2) is 24.3 Å². The number of nitrogens with zero attached hydrogens (tertiary/aromatic N) is 2. The summed E-state index contributed by atoms with van der Waals surface area (Å²) >= 11 is 0. The van der Waals surface area contributed by atoms with Crippen LogP contribution in [0.3, 0.4) is 0 Å². The van der Waals surface area contributed by atoms with Gasteiger partial charge in [0.2, 0.25) is 11.9 Å². The standard InChI is InChI=1S/C14H19N5O/c1-9(2)17-12(20)7-8-16-13-10-5-3-4-6-11(10)18-14(15)19-13/h3-6,9H,7-8H2,1-2H3,(H,17,20)(H3,15,16,18,19). The minimum atomic E-state index is 0.0128. The number of amides is 1. The fraction of sp³-hybridized carbons (Fsp3) is 0.357. The number of rotatable bonds is 5. The largest absolute Gasteiger partial charge is 0.369 e. The summed E-state index contributed by atoms with van der Waals surface area (Å²) in [4.78, 5) is 19.9. The quantitative estimate of drug-likeness (QED) is 0.768. The summed E-state index contributed by atoms with van der Waals surface area (Å²) in [5.74, 6) is 0.891. The van der Waals surface area contributed by atoms with E-state index < -0.39 is 0 Å². The van der Waals surface area contributed by atoms with Crippen molar-refractivity contribution in [3.8, 4) is 0 Å². The highest BCUT2D eigenvalue weighted by molar-refractivity contribution is 5.90. The number of nitrogens with one attached hydrogen (secondary N) is 2. The van der Waals surface area contributed by atoms with E-state index in [1.165, 1.54) is 0 Å². The van der Waals surface area contributed by atoms with Gasteiger partial charge in [-0.15, -0.1) is 0 Å². The second-order valence-electron chi connectivity index (χ2n) is 4.85. The molecule has 1 amide bonds. The van der Waals surface area contributed by atoms with Gasteiger partial charge in [0, 0.05) is 24.4 Å². The predicted octanol–water partition coefficient (Wildman–Crippen LogP) is 1.54. The number of para-hydroxylation sites is 1. The van der Waals surface area contributed by atoms with Gasteiger partial charge in [-0.2, -0.15) is 4.98 Å². The first-order chi connectivity index (χ1) is 9.56. The second-order valence-corrected chi connectivity index (χ2v) is 4.85. The van der Waals surface area contributed by atoms with E-state index in [0.717, 1.165) is 10.9 Å². The van der Waals surface area contributed by atoms with Crippen molar-refractivity contribution in [3.63, 3.8) is 0 Å². The van der Waals surface area contributed by atoms with Crippen LogP contribution < -0.4 is 16.4 Å². The van der Waals surface area contributed by atoms with Crippen LogP contribution in [0.2, 0.25) is 0 Å². The van der Waals surface area contributed by atoms with Crippen molar-refractivity contribution in [1.82, 2.24) is 15.3 Å². The SMILES string of the molecule is CC(C)NC(=O)CCNc1nc(N)nc2ccccc12. The molecule has 1 heterocycles. The molecule has 0 bridgehead atoms.